The molecule has 0 aliphatic carbocycles. The van der Waals surface area contributed by atoms with Crippen molar-refractivity contribution in [2.45, 2.75) is 26.3 Å². The third kappa shape index (κ3) is 2.45. The molecule has 1 aromatic carbocycles. The van der Waals surface area contributed by atoms with Crippen LogP contribution in [0, 0.1) is 17.0 Å². The summed E-state index contributed by atoms with van der Waals surface area (Å²) in [6.45, 7) is 3.74. The zero-order valence-electron chi connectivity index (χ0n) is 10.8. The number of rotatable bonds is 4. The van der Waals surface area contributed by atoms with E-state index in [1.54, 1.807) is 25.3 Å². The van der Waals surface area contributed by atoms with E-state index < -0.39 is 4.92 Å². The SMILES string of the molecule is CCC(N)c1cn(-c2c(C)cccc2[N+](=O)[O-])nn1. The van der Waals surface area contributed by atoms with Gasteiger partial charge in [0.1, 0.15) is 5.69 Å². The van der Waals surface area contributed by atoms with Crippen molar-refractivity contribution in [1.29, 1.82) is 0 Å². The highest BCUT2D eigenvalue weighted by Crippen LogP contribution is 2.26. The topological polar surface area (TPSA) is 99.9 Å². The second kappa shape index (κ2) is 5.15. The molecule has 0 bridgehead atoms. The standard InChI is InChI=1S/C12H15N5O2/c1-3-9(13)10-7-16(15-14-10)12-8(2)5-4-6-11(12)17(18)19/h4-7,9H,3,13H2,1-2H3. The van der Waals surface area contributed by atoms with Crippen LogP contribution in [0.3, 0.4) is 0 Å². The van der Waals surface area contributed by atoms with E-state index in [1.807, 2.05) is 6.92 Å². The maximum atomic E-state index is 11.1. The molecule has 2 N–H and O–H groups in total. The van der Waals surface area contributed by atoms with Crippen LogP contribution in [-0.2, 0) is 0 Å². The van der Waals surface area contributed by atoms with Crippen LogP contribution >= 0.6 is 0 Å². The highest BCUT2D eigenvalue weighted by Gasteiger charge is 2.19. The van der Waals surface area contributed by atoms with Crippen LogP contribution in [-0.4, -0.2) is 19.9 Å². The zero-order chi connectivity index (χ0) is 14.0. The molecule has 1 atom stereocenters. The Labute approximate surface area is 110 Å². The summed E-state index contributed by atoms with van der Waals surface area (Å²) >= 11 is 0. The molecule has 1 unspecified atom stereocenters. The number of hydrogen-bond donors (Lipinski definition) is 1. The molecular weight excluding hydrogens is 246 g/mol. The van der Waals surface area contributed by atoms with E-state index >= 15 is 0 Å². The van der Waals surface area contributed by atoms with E-state index in [0.29, 0.717) is 11.4 Å². The third-order valence-corrected chi connectivity index (χ3v) is 2.97. The van der Waals surface area contributed by atoms with Gasteiger partial charge in [-0.15, -0.1) is 5.10 Å². The number of nitro benzene ring substituents is 1. The molecule has 2 rings (SSSR count). The van der Waals surface area contributed by atoms with Crippen LogP contribution in [0.2, 0.25) is 0 Å². The van der Waals surface area contributed by atoms with Crippen LogP contribution in [0.4, 0.5) is 5.69 Å². The van der Waals surface area contributed by atoms with E-state index in [2.05, 4.69) is 10.3 Å². The van der Waals surface area contributed by atoms with Gasteiger partial charge in [-0.2, -0.15) is 0 Å². The summed E-state index contributed by atoms with van der Waals surface area (Å²) in [6.07, 6.45) is 2.37. The molecule has 0 radical (unpaired) electrons. The number of nitrogens with zero attached hydrogens (tertiary/aromatic N) is 4. The van der Waals surface area contributed by atoms with Gasteiger partial charge in [0.25, 0.3) is 5.69 Å². The summed E-state index contributed by atoms with van der Waals surface area (Å²) in [5.74, 6) is 0. The first-order chi connectivity index (χ1) is 9.04. The lowest BCUT2D eigenvalue weighted by molar-refractivity contribution is -0.384. The highest BCUT2D eigenvalue weighted by atomic mass is 16.6. The molecule has 19 heavy (non-hydrogen) atoms. The number of benzene rings is 1. The Morgan fingerprint density at radius 3 is 2.89 bits per heavy atom. The molecule has 0 spiro atoms. The van der Waals surface area contributed by atoms with E-state index in [9.17, 15) is 10.1 Å². The lowest BCUT2D eigenvalue weighted by Crippen LogP contribution is -2.08. The first-order valence-electron chi connectivity index (χ1n) is 5.96. The maximum Gasteiger partial charge on any atom is 0.295 e. The minimum atomic E-state index is -0.427. The van der Waals surface area contributed by atoms with Crippen molar-refractivity contribution >= 4 is 5.69 Å². The predicted octanol–water partition coefficient (Wildman–Crippen LogP) is 1.89. The lowest BCUT2D eigenvalue weighted by Gasteiger charge is -2.05. The molecule has 7 heteroatoms. The molecular formula is C12H15N5O2. The van der Waals surface area contributed by atoms with E-state index in [4.69, 9.17) is 5.73 Å². The lowest BCUT2D eigenvalue weighted by atomic mass is 10.1. The first-order valence-corrected chi connectivity index (χ1v) is 5.96. The molecule has 0 amide bonds. The number of aromatic nitrogens is 3. The van der Waals surface area contributed by atoms with Gasteiger partial charge >= 0.3 is 0 Å². The molecule has 0 fully saturated rings. The summed E-state index contributed by atoms with van der Waals surface area (Å²) in [5.41, 5.74) is 7.68. The van der Waals surface area contributed by atoms with Crippen molar-refractivity contribution in [3.63, 3.8) is 0 Å². The van der Waals surface area contributed by atoms with E-state index in [1.165, 1.54) is 10.7 Å². The molecule has 1 heterocycles. The molecule has 0 aliphatic heterocycles. The van der Waals surface area contributed by atoms with Crippen LogP contribution in [0.1, 0.15) is 30.6 Å². The van der Waals surface area contributed by atoms with Crippen molar-refractivity contribution < 1.29 is 4.92 Å². The van der Waals surface area contributed by atoms with Gasteiger partial charge < -0.3 is 5.73 Å². The zero-order valence-corrected chi connectivity index (χ0v) is 10.8. The summed E-state index contributed by atoms with van der Waals surface area (Å²) < 4.78 is 1.42. The van der Waals surface area contributed by atoms with Crippen molar-refractivity contribution in [1.82, 2.24) is 15.0 Å². The maximum absolute atomic E-state index is 11.1. The van der Waals surface area contributed by atoms with Gasteiger partial charge in [0.15, 0.2) is 0 Å². The van der Waals surface area contributed by atoms with Gasteiger partial charge in [0, 0.05) is 6.07 Å². The molecule has 100 valence electrons. The van der Waals surface area contributed by atoms with Crippen LogP contribution in [0.25, 0.3) is 5.69 Å². The van der Waals surface area contributed by atoms with Gasteiger partial charge in [0.05, 0.1) is 22.9 Å². The average Bonchev–Trinajstić information content (AvgIpc) is 2.86. The Morgan fingerprint density at radius 1 is 1.53 bits per heavy atom. The van der Waals surface area contributed by atoms with Crippen molar-refractivity contribution in [2.75, 3.05) is 0 Å². The van der Waals surface area contributed by atoms with Crippen molar-refractivity contribution in [3.8, 4) is 5.69 Å². The minimum absolute atomic E-state index is 0.00141. The number of nitrogens with two attached hydrogens (primary N) is 1. The van der Waals surface area contributed by atoms with Crippen LogP contribution in [0.5, 0.6) is 0 Å². The molecule has 0 saturated carbocycles. The molecule has 2 aromatic rings. The van der Waals surface area contributed by atoms with Gasteiger partial charge in [-0.05, 0) is 18.9 Å². The Kier molecular flexibility index (Phi) is 3.57. The second-order valence-electron chi connectivity index (χ2n) is 4.30. The summed E-state index contributed by atoms with van der Waals surface area (Å²) in [7, 11) is 0. The minimum Gasteiger partial charge on any atom is -0.323 e. The summed E-state index contributed by atoms with van der Waals surface area (Å²) in [4.78, 5) is 10.6. The average molecular weight is 261 g/mol. The smallest absolute Gasteiger partial charge is 0.295 e. The second-order valence-corrected chi connectivity index (χ2v) is 4.30. The Morgan fingerprint density at radius 2 is 2.26 bits per heavy atom. The normalized spacial score (nSPS) is 12.4. The Bertz CT molecular complexity index is 608. The Balaban J connectivity index is 2.53. The van der Waals surface area contributed by atoms with E-state index in [-0.39, 0.29) is 11.7 Å². The monoisotopic (exact) mass is 261 g/mol. The molecule has 0 aliphatic rings. The predicted molar refractivity (Wildman–Crippen MR) is 70.0 cm³/mol. The summed E-state index contributed by atoms with van der Waals surface area (Å²) in [5, 5.41) is 19.0. The summed E-state index contributed by atoms with van der Waals surface area (Å²) in [6, 6.07) is 4.68. The quantitative estimate of drug-likeness (QED) is 0.669. The fourth-order valence-electron chi connectivity index (χ4n) is 1.85. The molecule has 0 saturated heterocycles. The first kappa shape index (κ1) is 13.2. The van der Waals surface area contributed by atoms with Gasteiger partial charge in [-0.3, -0.25) is 10.1 Å². The number of hydrogen-bond acceptors (Lipinski definition) is 5. The number of para-hydroxylation sites is 1. The number of aryl methyl sites for hydroxylation is 1. The van der Waals surface area contributed by atoms with Crippen LogP contribution in [0.15, 0.2) is 24.4 Å². The van der Waals surface area contributed by atoms with E-state index in [0.717, 1.165) is 12.0 Å². The highest BCUT2D eigenvalue weighted by molar-refractivity contribution is 5.56. The Hall–Kier alpha value is -2.28. The fourth-order valence-corrected chi connectivity index (χ4v) is 1.85. The van der Waals surface area contributed by atoms with Gasteiger partial charge in [-0.1, -0.05) is 24.3 Å². The van der Waals surface area contributed by atoms with Gasteiger partial charge in [-0.25, -0.2) is 4.68 Å². The molecule has 1 aromatic heterocycles. The van der Waals surface area contributed by atoms with Crippen molar-refractivity contribution in [3.05, 3.63) is 45.8 Å². The van der Waals surface area contributed by atoms with Crippen molar-refractivity contribution in [2.24, 2.45) is 5.73 Å². The van der Waals surface area contributed by atoms with Gasteiger partial charge in [0.2, 0.25) is 0 Å². The third-order valence-electron chi connectivity index (χ3n) is 2.97. The largest absolute Gasteiger partial charge is 0.323 e. The molecule has 7 nitrogen and oxygen atoms in total. The number of nitro groups is 1. The van der Waals surface area contributed by atoms with Crippen LogP contribution < -0.4 is 5.73 Å². The fraction of sp³-hybridized carbons (Fsp3) is 0.333.